The second-order valence-electron chi connectivity index (χ2n) is 11.7. The van der Waals surface area contributed by atoms with Gasteiger partial charge < -0.3 is 9.80 Å². The summed E-state index contributed by atoms with van der Waals surface area (Å²) in [4.78, 5) is 33.0. The zero-order valence-corrected chi connectivity index (χ0v) is 24.4. The molecule has 39 heavy (non-hydrogen) atoms. The van der Waals surface area contributed by atoms with Gasteiger partial charge in [0.05, 0.1) is 6.04 Å². The van der Waals surface area contributed by atoms with Crippen LogP contribution in [0.25, 0.3) is 10.8 Å². The molecule has 0 aliphatic carbocycles. The Bertz CT molecular complexity index is 1480. The first kappa shape index (κ1) is 27.1. The van der Waals surface area contributed by atoms with Gasteiger partial charge in [0.15, 0.2) is 0 Å². The Morgan fingerprint density at radius 3 is 2.41 bits per heavy atom. The van der Waals surface area contributed by atoms with Gasteiger partial charge in [-0.1, -0.05) is 82.3 Å². The lowest BCUT2D eigenvalue weighted by Gasteiger charge is -2.38. The first-order valence-corrected chi connectivity index (χ1v) is 14.8. The van der Waals surface area contributed by atoms with Gasteiger partial charge in [-0.15, -0.1) is 11.3 Å². The molecule has 2 amide bonds. The van der Waals surface area contributed by atoms with E-state index in [4.69, 9.17) is 0 Å². The van der Waals surface area contributed by atoms with Gasteiger partial charge in [-0.2, -0.15) is 0 Å². The summed E-state index contributed by atoms with van der Waals surface area (Å²) in [5.41, 5.74) is 4.28. The SMILES string of the molecule is CC[C@H](C)N(CC(=O)N1CCc2sccc2[C@H]1c1ccc(C(C)(C)C)cc1)C(=O)c1ccc2ccccc2c1. The Labute approximate surface area is 236 Å². The predicted octanol–water partition coefficient (Wildman–Crippen LogP) is 7.61. The van der Waals surface area contributed by atoms with E-state index in [0.29, 0.717) is 12.1 Å². The number of benzene rings is 3. The molecule has 5 rings (SSSR count). The molecule has 2 atom stereocenters. The molecule has 0 N–H and O–H groups in total. The van der Waals surface area contributed by atoms with Crippen molar-refractivity contribution in [3.8, 4) is 0 Å². The van der Waals surface area contributed by atoms with Gasteiger partial charge in [0, 0.05) is 23.0 Å². The molecule has 4 nitrogen and oxygen atoms in total. The maximum atomic E-state index is 14.1. The lowest BCUT2D eigenvalue weighted by atomic mass is 9.85. The number of amides is 2. The summed E-state index contributed by atoms with van der Waals surface area (Å²) in [6.45, 7) is 11.5. The van der Waals surface area contributed by atoms with Gasteiger partial charge in [-0.25, -0.2) is 0 Å². The lowest BCUT2D eigenvalue weighted by Crippen LogP contribution is -2.49. The minimum Gasteiger partial charge on any atom is -0.330 e. The van der Waals surface area contributed by atoms with E-state index in [1.807, 2.05) is 54.3 Å². The molecule has 5 heteroatoms. The van der Waals surface area contributed by atoms with E-state index < -0.39 is 0 Å². The van der Waals surface area contributed by atoms with Crippen LogP contribution in [0.2, 0.25) is 0 Å². The number of carbonyl (C=O) groups excluding carboxylic acids is 2. The van der Waals surface area contributed by atoms with E-state index in [1.54, 1.807) is 16.2 Å². The smallest absolute Gasteiger partial charge is 0.254 e. The molecule has 0 radical (unpaired) electrons. The molecule has 0 unspecified atom stereocenters. The summed E-state index contributed by atoms with van der Waals surface area (Å²) in [6, 6.07) is 24.5. The average Bonchev–Trinajstić information content (AvgIpc) is 3.43. The number of hydrogen-bond donors (Lipinski definition) is 0. The Balaban J connectivity index is 1.45. The summed E-state index contributed by atoms with van der Waals surface area (Å²) in [5.74, 6) is -0.103. The molecule has 1 aromatic heterocycles. The summed E-state index contributed by atoms with van der Waals surface area (Å²) >= 11 is 1.77. The lowest BCUT2D eigenvalue weighted by molar-refractivity contribution is -0.134. The molecule has 1 aliphatic heterocycles. The number of nitrogens with zero attached hydrogens (tertiary/aromatic N) is 2. The van der Waals surface area contributed by atoms with Crippen LogP contribution in [-0.2, 0) is 16.6 Å². The van der Waals surface area contributed by atoms with Crippen molar-refractivity contribution in [2.24, 2.45) is 0 Å². The van der Waals surface area contributed by atoms with Gasteiger partial charge in [0.1, 0.15) is 6.54 Å². The number of thiophene rings is 1. The van der Waals surface area contributed by atoms with Crippen LogP contribution in [0.4, 0.5) is 0 Å². The van der Waals surface area contributed by atoms with Crippen LogP contribution in [0.15, 0.2) is 78.2 Å². The highest BCUT2D eigenvalue weighted by Crippen LogP contribution is 2.38. The molecular formula is C34H38N2O2S. The minimum atomic E-state index is -0.143. The van der Waals surface area contributed by atoms with Gasteiger partial charge in [-0.05, 0) is 76.2 Å². The highest BCUT2D eigenvalue weighted by molar-refractivity contribution is 7.10. The largest absolute Gasteiger partial charge is 0.330 e. The Hall–Kier alpha value is -3.44. The average molecular weight is 539 g/mol. The molecular weight excluding hydrogens is 500 g/mol. The fraction of sp³-hybridized carbons (Fsp3) is 0.353. The molecule has 2 heterocycles. The first-order valence-electron chi connectivity index (χ1n) is 13.9. The summed E-state index contributed by atoms with van der Waals surface area (Å²) in [5, 5.41) is 4.25. The van der Waals surface area contributed by atoms with Crippen molar-refractivity contribution in [3.05, 3.63) is 105 Å². The van der Waals surface area contributed by atoms with Crippen LogP contribution in [0, 0.1) is 0 Å². The van der Waals surface area contributed by atoms with E-state index >= 15 is 0 Å². The number of rotatable bonds is 6. The fourth-order valence-electron chi connectivity index (χ4n) is 5.48. The molecule has 202 valence electrons. The van der Waals surface area contributed by atoms with Crippen LogP contribution >= 0.6 is 11.3 Å². The predicted molar refractivity (Wildman–Crippen MR) is 161 cm³/mol. The second-order valence-corrected chi connectivity index (χ2v) is 12.7. The quantitative estimate of drug-likeness (QED) is 0.253. The maximum absolute atomic E-state index is 14.1. The van der Waals surface area contributed by atoms with Crippen molar-refractivity contribution < 1.29 is 9.59 Å². The fourth-order valence-corrected chi connectivity index (χ4v) is 6.39. The highest BCUT2D eigenvalue weighted by Gasteiger charge is 2.35. The summed E-state index contributed by atoms with van der Waals surface area (Å²) in [7, 11) is 0. The van der Waals surface area contributed by atoms with Crippen molar-refractivity contribution in [1.82, 2.24) is 9.80 Å². The van der Waals surface area contributed by atoms with E-state index in [9.17, 15) is 9.59 Å². The topological polar surface area (TPSA) is 40.6 Å². The molecule has 0 bridgehead atoms. The zero-order chi connectivity index (χ0) is 27.7. The van der Waals surface area contributed by atoms with E-state index in [1.165, 1.54) is 16.0 Å². The van der Waals surface area contributed by atoms with Crippen molar-refractivity contribution in [2.45, 2.75) is 65.0 Å². The third-order valence-corrected chi connectivity index (χ3v) is 9.06. The van der Waals surface area contributed by atoms with Crippen LogP contribution in [0.5, 0.6) is 0 Å². The van der Waals surface area contributed by atoms with Crippen LogP contribution < -0.4 is 0 Å². The normalized spacial score (nSPS) is 16.1. The van der Waals surface area contributed by atoms with Crippen molar-refractivity contribution in [2.75, 3.05) is 13.1 Å². The number of fused-ring (bicyclic) bond motifs is 2. The minimum absolute atomic E-state index is 0.00816. The molecule has 0 saturated heterocycles. The van der Waals surface area contributed by atoms with Gasteiger partial charge in [0.2, 0.25) is 5.91 Å². The van der Waals surface area contributed by atoms with Gasteiger partial charge in [0.25, 0.3) is 5.91 Å². The van der Waals surface area contributed by atoms with E-state index in [-0.39, 0.29) is 35.9 Å². The van der Waals surface area contributed by atoms with Crippen molar-refractivity contribution in [1.29, 1.82) is 0 Å². The van der Waals surface area contributed by atoms with Gasteiger partial charge in [-0.3, -0.25) is 9.59 Å². The van der Waals surface area contributed by atoms with Crippen molar-refractivity contribution in [3.63, 3.8) is 0 Å². The van der Waals surface area contributed by atoms with Crippen LogP contribution in [-0.4, -0.2) is 40.7 Å². The number of hydrogen-bond acceptors (Lipinski definition) is 3. The molecule has 0 spiro atoms. The van der Waals surface area contributed by atoms with Crippen molar-refractivity contribution >= 4 is 33.9 Å². The van der Waals surface area contributed by atoms with E-state index in [2.05, 4.69) is 63.4 Å². The Morgan fingerprint density at radius 2 is 1.72 bits per heavy atom. The zero-order valence-electron chi connectivity index (χ0n) is 23.6. The Kier molecular flexibility index (Phi) is 7.64. The monoisotopic (exact) mass is 538 g/mol. The highest BCUT2D eigenvalue weighted by atomic mass is 32.1. The van der Waals surface area contributed by atoms with Crippen LogP contribution in [0.3, 0.4) is 0 Å². The summed E-state index contributed by atoms with van der Waals surface area (Å²) < 4.78 is 0. The third-order valence-electron chi connectivity index (χ3n) is 8.06. The van der Waals surface area contributed by atoms with E-state index in [0.717, 1.165) is 29.2 Å². The Morgan fingerprint density at radius 1 is 1.00 bits per heavy atom. The molecule has 3 aromatic carbocycles. The van der Waals surface area contributed by atoms with Crippen LogP contribution in [0.1, 0.15) is 79.0 Å². The second kappa shape index (κ2) is 11.0. The first-order chi connectivity index (χ1) is 18.7. The molecule has 0 fully saturated rings. The van der Waals surface area contributed by atoms with Gasteiger partial charge >= 0.3 is 0 Å². The molecule has 0 saturated carbocycles. The summed E-state index contributed by atoms with van der Waals surface area (Å²) in [6.07, 6.45) is 1.62. The number of carbonyl (C=O) groups is 2. The molecule has 1 aliphatic rings. The maximum Gasteiger partial charge on any atom is 0.254 e. The third kappa shape index (κ3) is 5.51. The standard InChI is InChI=1S/C34H38N2O2S/c1-6-23(2)36(33(38)27-12-11-24-9-7-8-10-26(24)21-27)22-31(37)35-19-17-30-29(18-20-39-30)32(35)25-13-15-28(16-14-25)34(3,4)5/h7-16,18,20-21,23,32H,6,17,19,22H2,1-5H3/t23-,32+/m0/s1. The molecule has 4 aromatic rings.